The number of aryl methyl sites for hydroxylation is 1. The van der Waals surface area contributed by atoms with Gasteiger partial charge < -0.3 is 0 Å². The zero-order chi connectivity index (χ0) is 13.1. The summed E-state index contributed by atoms with van der Waals surface area (Å²) in [7, 11) is 0. The van der Waals surface area contributed by atoms with Crippen LogP contribution in [-0.2, 0) is 11.8 Å². The third-order valence-corrected chi connectivity index (χ3v) is 4.97. The molecule has 0 saturated carbocycles. The van der Waals surface area contributed by atoms with Crippen molar-refractivity contribution in [2.45, 2.75) is 31.1 Å². The number of alkyl halides is 1. The van der Waals surface area contributed by atoms with Crippen LogP contribution in [0.2, 0.25) is 0 Å². The molecule has 2 aromatic rings. The minimum Gasteiger partial charge on any atom is -0.0863 e. The Bertz CT molecular complexity index is 547. The van der Waals surface area contributed by atoms with Crippen molar-refractivity contribution in [2.75, 3.05) is 4.43 Å². The Balaban J connectivity index is 2.17. The molecule has 0 radical (unpaired) electrons. The average molecular weight is 362 g/mol. The lowest BCUT2D eigenvalue weighted by Gasteiger charge is -2.40. The highest BCUT2D eigenvalue weighted by molar-refractivity contribution is 14.1. The van der Waals surface area contributed by atoms with Crippen molar-refractivity contribution in [3.63, 3.8) is 0 Å². The first kappa shape index (κ1) is 13.2. The number of hydrogen-bond acceptors (Lipinski definition) is 0. The molecular weight excluding hydrogens is 343 g/mol. The summed E-state index contributed by atoms with van der Waals surface area (Å²) in [5, 5.41) is 0. The summed E-state index contributed by atoms with van der Waals surface area (Å²) in [6.07, 6.45) is 5.08. The van der Waals surface area contributed by atoms with E-state index < -0.39 is 0 Å². The molecule has 2 aromatic carbocycles. The Morgan fingerprint density at radius 2 is 1.68 bits per heavy atom. The normalized spacial score (nSPS) is 21.9. The Morgan fingerprint density at radius 3 is 2.47 bits per heavy atom. The van der Waals surface area contributed by atoms with E-state index in [0.717, 1.165) is 0 Å². The van der Waals surface area contributed by atoms with Gasteiger partial charge in [0, 0.05) is 9.84 Å². The minimum absolute atomic E-state index is 0.247. The summed E-state index contributed by atoms with van der Waals surface area (Å²) in [6.45, 7) is 0. The number of fused-ring (bicyclic) bond motifs is 1. The number of halogens is 1. The van der Waals surface area contributed by atoms with Gasteiger partial charge in [0.15, 0.2) is 0 Å². The van der Waals surface area contributed by atoms with Gasteiger partial charge in [0.05, 0.1) is 0 Å². The van der Waals surface area contributed by atoms with Crippen LogP contribution in [-0.4, -0.2) is 4.43 Å². The first-order valence-electron chi connectivity index (χ1n) is 7.07. The van der Waals surface area contributed by atoms with Crippen LogP contribution >= 0.6 is 22.6 Å². The Kier molecular flexibility index (Phi) is 3.92. The number of benzene rings is 2. The summed E-state index contributed by atoms with van der Waals surface area (Å²) in [4.78, 5) is 0. The van der Waals surface area contributed by atoms with Crippen molar-refractivity contribution in [3.05, 3.63) is 71.3 Å². The van der Waals surface area contributed by atoms with Crippen LogP contribution in [0.1, 0.15) is 36.0 Å². The van der Waals surface area contributed by atoms with Crippen LogP contribution in [0.25, 0.3) is 0 Å². The van der Waals surface area contributed by atoms with Gasteiger partial charge in [-0.1, -0.05) is 77.2 Å². The highest BCUT2D eigenvalue weighted by atomic mass is 127. The molecule has 1 aliphatic carbocycles. The fourth-order valence-corrected chi connectivity index (χ4v) is 4.46. The predicted molar refractivity (Wildman–Crippen MR) is 90.1 cm³/mol. The summed E-state index contributed by atoms with van der Waals surface area (Å²) >= 11 is 2.53. The maximum atomic E-state index is 2.53. The minimum atomic E-state index is 0.247. The molecule has 0 saturated heterocycles. The van der Waals surface area contributed by atoms with E-state index in [1.807, 2.05) is 0 Å². The molecule has 1 aliphatic rings. The summed E-state index contributed by atoms with van der Waals surface area (Å²) < 4.78 is 1.21. The van der Waals surface area contributed by atoms with Crippen molar-refractivity contribution in [2.24, 2.45) is 0 Å². The lowest BCUT2D eigenvalue weighted by atomic mass is 9.64. The molecule has 0 aliphatic heterocycles. The van der Waals surface area contributed by atoms with E-state index in [0.29, 0.717) is 0 Å². The highest BCUT2D eigenvalue weighted by Crippen LogP contribution is 2.45. The van der Waals surface area contributed by atoms with Crippen molar-refractivity contribution in [1.29, 1.82) is 0 Å². The molecule has 1 atom stereocenters. The van der Waals surface area contributed by atoms with Crippen LogP contribution in [0.15, 0.2) is 54.6 Å². The standard InChI is InChI=1S/C18H19I/c19-14-13-18(16-9-2-1-3-10-16)12-6-8-15-7-4-5-11-17(15)18/h1-5,7,9-11H,6,8,12-14H2. The molecule has 1 heteroatoms. The van der Waals surface area contributed by atoms with Crippen molar-refractivity contribution in [1.82, 2.24) is 0 Å². The lowest BCUT2D eigenvalue weighted by Crippen LogP contribution is -2.32. The third kappa shape index (κ3) is 2.33. The van der Waals surface area contributed by atoms with E-state index in [2.05, 4.69) is 77.2 Å². The van der Waals surface area contributed by atoms with Gasteiger partial charge in [-0.2, -0.15) is 0 Å². The maximum absolute atomic E-state index is 2.53. The SMILES string of the molecule is ICCC1(c2ccccc2)CCCc2ccccc21. The van der Waals surface area contributed by atoms with E-state index in [4.69, 9.17) is 0 Å². The van der Waals surface area contributed by atoms with Gasteiger partial charge in [-0.15, -0.1) is 0 Å². The van der Waals surface area contributed by atoms with Gasteiger partial charge in [-0.25, -0.2) is 0 Å². The second-order valence-corrected chi connectivity index (χ2v) is 6.48. The van der Waals surface area contributed by atoms with E-state index in [1.54, 1.807) is 11.1 Å². The molecule has 0 nitrogen and oxygen atoms in total. The fourth-order valence-electron chi connectivity index (χ4n) is 3.54. The molecule has 0 heterocycles. The molecule has 3 rings (SSSR count). The van der Waals surface area contributed by atoms with Gasteiger partial charge in [-0.05, 0) is 42.4 Å². The second kappa shape index (κ2) is 5.66. The Hall–Kier alpha value is -0.830. The zero-order valence-electron chi connectivity index (χ0n) is 11.1. The Morgan fingerprint density at radius 1 is 0.947 bits per heavy atom. The second-order valence-electron chi connectivity index (χ2n) is 5.40. The predicted octanol–water partition coefficient (Wildman–Crippen LogP) is 5.13. The Labute approximate surface area is 129 Å². The quantitative estimate of drug-likeness (QED) is 0.524. The first-order valence-corrected chi connectivity index (χ1v) is 8.59. The first-order chi connectivity index (χ1) is 9.37. The summed E-state index contributed by atoms with van der Waals surface area (Å²) in [5.41, 5.74) is 4.88. The van der Waals surface area contributed by atoms with Gasteiger partial charge in [0.2, 0.25) is 0 Å². The van der Waals surface area contributed by atoms with Gasteiger partial charge in [0.1, 0.15) is 0 Å². The third-order valence-electron chi connectivity index (χ3n) is 4.43. The molecule has 0 N–H and O–H groups in total. The topological polar surface area (TPSA) is 0 Å². The van der Waals surface area contributed by atoms with E-state index in [-0.39, 0.29) is 5.41 Å². The molecule has 98 valence electrons. The maximum Gasteiger partial charge on any atom is 0.0213 e. The monoisotopic (exact) mass is 362 g/mol. The molecule has 0 spiro atoms. The van der Waals surface area contributed by atoms with Crippen molar-refractivity contribution >= 4 is 22.6 Å². The van der Waals surface area contributed by atoms with E-state index in [9.17, 15) is 0 Å². The molecule has 0 fully saturated rings. The van der Waals surface area contributed by atoms with Crippen molar-refractivity contribution < 1.29 is 0 Å². The van der Waals surface area contributed by atoms with Crippen LogP contribution in [0.5, 0.6) is 0 Å². The van der Waals surface area contributed by atoms with Crippen LogP contribution in [0.4, 0.5) is 0 Å². The summed E-state index contributed by atoms with van der Waals surface area (Å²) in [5.74, 6) is 0. The molecule has 0 aromatic heterocycles. The van der Waals surface area contributed by atoms with E-state index >= 15 is 0 Å². The molecule has 0 amide bonds. The van der Waals surface area contributed by atoms with Crippen molar-refractivity contribution in [3.8, 4) is 0 Å². The molecule has 0 bridgehead atoms. The smallest absolute Gasteiger partial charge is 0.0213 e. The highest BCUT2D eigenvalue weighted by Gasteiger charge is 2.37. The average Bonchev–Trinajstić information content (AvgIpc) is 2.49. The molecule has 19 heavy (non-hydrogen) atoms. The lowest BCUT2D eigenvalue weighted by molar-refractivity contribution is 0.419. The fraction of sp³-hybridized carbons (Fsp3) is 0.333. The number of hydrogen-bond donors (Lipinski definition) is 0. The summed E-state index contributed by atoms with van der Waals surface area (Å²) in [6, 6.07) is 20.2. The molecular formula is C18H19I. The van der Waals surface area contributed by atoms with Crippen LogP contribution in [0.3, 0.4) is 0 Å². The van der Waals surface area contributed by atoms with Gasteiger partial charge in [0.25, 0.3) is 0 Å². The van der Waals surface area contributed by atoms with Gasteiger partial charge >= 0.3 is 0 Å². The zero-order valence-corrected chi connectivity index (χ0v) is 13.3. The van der Waals surface area contributed by atoms with E-state index in [1.165, 1.54) is 35.7 Å². The van der Waals surface area contributed by atoms with Crippen LogP contribution in [0, 0.1) is 0 Å². The number of rotatable bonds is 3. The molecule has 1 unspecified atom stereocenters. The van der Waals surface area contributed by atoms with Gasteiger partial charge in [-0.3, -0.25) is 0 Å². The van der Waals surface area contributed by atoms with Crippen LogP contribution < -0.4 is 0 Å². The largest absolute Gasteiger partial charge is 0.0863 e.